The van der Waals surface area contributed by atoms with Gasteiger partial charge in [-0.2, -0.15) is 8.42 Å². The van der Waals surface area contributed by atoms with E-state index in [1.165, 1.54) is 17.0 Å². The molecule has 0 fully saturated rings. The first kappa shape index (κ1) is 16.9. The molecule has 2 N–H and O–H groups in total. The van der Waals surface area contributed by atoms with E-state index in [1.807, 2.05) is 0 Å². The maximum atomic E-state index is 11.9. The number of amides is 2. The highest BCUT2D eigenvalue weighted by Gasteiger charge is 2.16. The lowest BCUT2D eigenvalue weighted by Gasteiger charge is -2.14. The molecular formula is C12H16N2O6S. The quantitative estimate of drug-likeness (QED) is 0.759. The standard InChI is InChI=1S/C12H16N2O6S/c1-14(2)11(15)9-5-3-4-6-10(9)20-12(16)13-7-8-21(17,18)19/h3-6H,7-8H2,1-2H3,(H,13,16)(H,17,18,19). The van der Waals surface area contributed by atoms with Crippen molar-refractivity contribution in [1.29, 1.82) is 0 Å². The summed E-state index contributed by atoms with van der Waals surface area (Å²) < 4.78 is 34.5. The van der Waals surface area contributed by atoms with Gasteiger partial charge in [-0.1, -0.05) is 12.1 Å². The minimum atomic E-state index is -4.16. The Bertz CT molecular complexity index is 626. The van der Waals surface area contributed by atoms with Crippen molar-refractivity contribution in [2.75, 3.05) is 26.4 Å². The summed E-state index contributed by atoms with van der Waals surface area (Å²) in [5, 5.41) is 2.16. The highest BCUT2D eigenvalue weighted by Crippen LogP contribution is 2.19. The van der Waals surface area contributed by atoms with Crippen LogP contribution in [-0.2, 0) is 10.1 Å². The highest BCUT2D eigenvalue weighted by molar-refractivity contribution is 7.85. The van der Waals surface area contributed by atoms with E-state index in [2.05, 4.69) is 5.32 Å². The third kappa shape index (κ3) is 5.79. The number of nitrogens with one attached hydrogen (secondary N) is 1. The second-order valence-corrected chi connectivity index (χ2v) is 5.87. The molecule has 0 aliphatic carbocycles. The molecular weight excluding hydrogens is 300 g/mol. The van der Waals surface area contributed by atoms with Crippen molar-refractivity contribution in [2.24, 2.45) is 0 Å². The van der Waals surface area contributed by atoms with Gasteiger partial charge in [-0.3, -0.25) is 9.35 Å². The molecule has 1 rings (SSSR count). The average molecular weight is 316 g/mol. The number of carbonyl (C=O) groups is 2. The van der Waals surface area contributed by atoms with Gasteiger partial charge in [-0.15, -0.1) is 0 Å². The lowest BCUT2D eigenvalue weighted by molar-refractivity contribution is 0.0825. The lowest BCUT2D eigenvalue weighted by atomic mass is 10.2. The van der Waals surface area contributed by atoms with Gasteiger partial charge >= 0.3 is 6.09 Å². The largest absolute Gasteiger partial charge is 0.412 e. The minimum absolute atomic E-state index is 0.0561. The Balaban J connectivity index is 2.71. The first-order chi connectivity index (χ1) is 9.70. The molecule has 0 spiro atoms. The Hall–Kier alpha value is -2.13. The van der Waals surface area contributed by atoms with E-state index in [-0.39, 0.29) is 23.8 Å². The second kappa shape index (κ2) is 7.04. The van der Waals surface area contributed by atoms with Crippen molar-refractivity contribution in [1.82, 2.24) is 10.2 Å². The number of benzene rings is 1. The number of carbonyl (C=O) groups excluding carboxylic acids is 2. The van der Waals surface area contributed by atoms with Gasteiger partial charge < -0.3 is 15.0 Å². The topological polar surface area (TPSA) is 113 Å². The van der Waals surface area contributed by atoms with Crippen LogP contribution in [0.1, 0.15) is 10.4 Å². The summed E-state index contributed by atoms with van der Waals surface area (Å²) in [5.74, 6) is -0.905. The zero-order valence-electron chi connectivity index (χ0n) is 11.6. The number of hydrogen-bond acceptors (Lipinski definition) is 5. The summed E-state index contributed by atoms with van der Waals surface area (Å²) in [6.45, 7) is -0.304. The van der Waals surface area contributed by atoms with E-state index in [1.54, 1.807) is 26.2 Å². The molecule has 9 heteroatoms. The van der Waals surface area contributed by atoms with Gasteiger partial charge in [0.2, 0.25) is 0 Å². The maximum Gasteiger partial charge on any atom is 0.412 e. The van der Waals surface area contributed by atoms with Crippen molar-refractivity contribution in [2.45, 2.75) is 0 Å². The Kier molecular flexibility index (Phi) is 5.68. The van der Waals surface area contributed by atoms with Crippen LogP contribution in [0.15, 0.2) is 24.3 Å². The number of ether oxygens (including phenoxy) is 1. The number of para-hydroxylation sites is 1. The van der Waals surface area contributed by atoms with Gasteiger partial charge in [0, 0.05) is 20.6 Å². The third-order valence-corrected chi connectivity index (χ3v) is 3.08. The van der Waals surface area contributed by atoms with E-state index in [4.69, 9.17) is 9.29 Å². The normalized spacial score (nSPS) is 10.8. The summed E-state index contributed by atoms with van der Waals surface area (Å²) in [6, 6.07) is 6.16. The molecule has 2 amide bonds. The zero-order chi connectivity index (χ0) is 16.0. The summed E-state index contributed by atoms with van der Waals surface area (Å²) in [4.78, 5) is 24.7. The van der Waals surface area contributed by atoms with Gasteiger partial charge in [-0.25, -0.2) is 4.79 Å². The van der Waals surface area contributed by atoms with Crippen LogP contribution in [0.2, 0.25) is 0 Å². The molecule has 8 nitrogen and oxygen atoms in total. The number of hydrogen-bond donors (Lipinski definition) is 2. The van der Waals surface area contributed by atoms with Crippen molar-refractivity contribution >= 4 is 22.1 Å². The Morgan fingerprint density at radius 1 is 1.29 bits per heavy atom. The van der Waals surface area contributed by atoms with Gasteiger partial charge in [0.1, 0.15) is 5.75 Å². The molecule has 116 valence electrons. The van der Waals surface area contributed by atoms with Crippen LogP contribution in [0.25, 0.3) is 0 Å². The van der Waals surface area contributed by atoms with Crippen LogP contribution in [0, 0.1) is 0 Å². The lowest BCUT2D eigenvalue weighted by Crippen LogP contribution is -2.32. The predicted octanol–water partition coefficient (Wildman–Crippen LogP) is 0.365. The Labute approximate surface area is 122 Å². The van der Waals surface area contributed by atoms with E-state index in [0.29, 0.717) is 0 Å². The molecule has 1 aromatic rings. The molecule has 0 radical (unpaired) electrons. The van der Waals surface area contributed by atoms with Crippen LogP contribution in [0.5, 0.6) is 5.75 Å². The molecule has 0 aliphatic heterocycles. The summed E-state index contributed by atoms with van der Waals surface area (Å²) in [7, 11) is -1.03. The Morgan fingerprint density at radius 3 is 2.48 bits per heavy atom. The molecule has 0 unspecified atom stereocenters. The minimum Gasteiger partial charge on any atom is -0.409 e. The highest BCUT2D eigenvalue weighted by atomic mass is 32.2. The molecule has 0 bridgehead atoms. The van der Waals surface area contributed by atoms with Crippen LogP contribution >= 0.6 is 0 Å². The van der Waals surface area contributed by atoms with Crippen molar-refractivity contribution in [3.63, 3.8) is 0 Å². The van der Waals surface area contributed by atoms with Crippen molar-refractivity contribution in [3.05, 3.63) is 29.8 Å². The van der Waals surface area contributed by atoms with Gasteiger partial charge in [-0.05, 0) is 12.1 Å². The molecule has 21 heavy (non-hydrogen) atoms. The Morgan fingerprint density at radius 2 is 1.90 bits per heavy atom. The fourth-order valence-corrected chi connectivity index (χ4v) is 1.75. The van der Waals surface area contributed by atoms with Gasteiger partial charge in [0.05, 0.1) is 11.3 Å². The number of rotatable bonds is 5. The van der Waals surface area contributed by atoms with Crippen LogP contribution in [0.3, 0.4) is 0 Å². The van der Waals surface area contributed by atoms with E-state index in [9.17, 15) is 18.0 Å². The van der Waals surface area contributed by atoms with E-state index in [0.717, 1.165) is 0 Å². The van der Waals surface area contributed by atoms with Crippen molar-refractivity contribution < 1.29 is 27.3 Å². The smallest absolute Gasteiger partial charge is 0.409 e. The fraction of sp³-hybridized carbons (Fsp3) is 0.333. The summed E-state index contributed by atoms with van der Waals surface area (Å²) in [5.41, 5.74) is 0.201. The first-order valence-electron chi connectivity index (χ1n) is 5.92. The second-order valence-electron chi connectivity index (χ2n) is 4.30. The molecule has 0 heterocycles. The molecule has 0 aromatic heterocycles. The van der Waals surface area contributed by atoms with Crippen LogP contribution < -0.4 is 10.1 Å². The van der Waals surface area contributed by atoms with E-state index >= 15 is 0 Å². The van der Waals surface area contributed by atoms with Crippen LogP contribution in [-0.4, -0.2) is 56.3 Å². The van der Waals surface area contributed by atoms with Gasteiger partial charge in [0.25, 0.3) is 16.0 Å². The number of nitrogens with zero attached hydrogens (tertiary/aromatic N) is 1. The molecule has 0 aliphatic rings. The average Bonchev–Trinajstić information content (AvgIpc) is 2.36. The van der Waals surface area contributed by atoms with E-state index < -0.39 is 22.0 Å². The van der Waals surface area contributed by atoms with Crippen molar-refractivity contribution in [3.8, 4) is 5.75 Å². The van der Waals surface area contributed by atoms with Crippen LogP contribution in [0.4, 0.5) is 4.79 Å². The third-order valence-electron chi connectivity index (χ3n) is 2.36. The fourth-order valence-electron chi connectivity index (χ4n) is 1.39. The summed E-state index contributed by atoms with van der Waals surface area (Å²) >= 11 is 0. The summed E-state index contributed by atoms with van der Waals surface area (Å²) in [6.07, 6.45) is -0.919. The molecule has 1 aromatic carbocycles. The first-order valence-corrected chi connectivity index (χ1v) is 7.53. The SMILES string of the molecule is CN(C)C(=O)c1ccccc1OC(=O)NCCS(=O)(=O)O. The maximum absolute atomic E-state index is 11.9. The molecule has 0 saturated heterocycles. The zero-order valence-corrected chi connectivity index (χ0v) is 12.4. The molecule has 0 saturated carbocycles. The molecule has 0 atom stereocenters. The monoisotopic (exact) mass is 316 g/mol. The predicted molar refractivity (Wildman–Crippen MR) is 74.9 cm³/mol. The van der Waals surface area contributed by atoms with Gasteiger partial charge in [0.15, 0.2) is 0 Å².